The van der Waals surface area contributed by atoms with Gasteiger partial charge in [0.25, 0.3) is 0 Å². The van der Waals surface area contributed by atoms with Gasteiger partial charge in [-0.3, -0.25) is 4.98 Å². The minimum atomic E-state index is -0.715. The largest absolute Gasteiger partial charge is 0.387 e. The molecule has 0 bridgehead atoms. The minimum absolute atomic E-state index is 0.100. The fraction of sp³-hybridized carbons (Fsp3) is 0.538. The van der Waals surface area contributed by atoms with Gasteiger partial charge in [-0.2, -0.15) is 0 Å². The Morgan fingerprint density at radius 2 is 1.94 bits per heavy atom. The molecule has 0 radical (unpaired) electrons. The number of carbonyl (C=O) groups excluding carboxylic acids is 1. The highest BCUT2D eigenvalue weighted by Crippen LogP contribution is 2.09. The van der Waals surface area contributed by atoms with Crippen molar-refractivity contribution in [3.63, 3.8) is 0 Å². The Kier molecular flexibility index (Phi) is 5.58. The van der Waals surface area contributed by atoms with E-state index in [1.165, 1.54) is 0 Å². The Morgan fingerprint density at radius 3 is 2.50 bits per heavy atom. The monoisotopic (exact) mass is 251 g/mol. The van der Waals surface area contributed by atoms with E-state index < -0.39 is 6.10 Å². The predicted molar refractivity (Wildman–Crippen MR) is 70.0 cm³/mol. The van der Waals surface area contributed by atoms with Gasteiger partial charge >= 0.3 is 6.03 Å². The number of rotatable bonds is 5. The zero-order chi connectivity index (χ0) is 13.5. The number of urea groups is 1. The third-order valence-corrected chi connectivity index (χ3v) is 2.91. The molecule has 5 heteroatoms. The summed E-state index contributed by atoms with van der Waals surface area (Å²) in [5.41, 5.74) is 0.738. The van der Waals surface area contributed by atoms with Gasteiger partial charge in [-0.15, -0.1) is 0 Å². The Bertz CT molecular complexity index is 368. The molecule has 2 amide bonds. The molecule has 1 aromatic rings. The van der Waals surface area contributed by atoms with Crippen LogP contribution in [0.15, 0.2) is 24.5 Å². The number of aromatic nitrogens is 1. The summed E-state index contributed by atoms with van der Waals surface area (Å²) < 4.78 is 0. The van der Waals surface area contributed by atoms with Gasteiger partial charge in [0, 0.05) is 25.0 Å². The van der Waals surface area contributed by atoms with E-state index in [4.69, 9.17) is 0 Å². The van der Waals surface area contributed by atoms with Crippen molar-refractivity contribution in [1.29, 1.82) is 0 Å². The molecule has 1 rings (SSSR count). The fourth-order valence-corrected chi connectivity index (χ4v) is 1.32. The second-order valence-corrected chi connectivity index (χ2v) is 4.68. The Labute approximate surface area is 108 Å². The van der Waals surface area contributed by atoms with E-state index >= 15 is 0 Å². The van der Waals surface area contributed by atoms with Gasteiger partial charge in [0.1, 0.15) is 0 Å². The molecule has 5 nitrogen and oxygen atoms in total. The van der Waals surface area contributed by atoms with Gasteiger partial charge < -0.3 is 15.7 Å². The molecule has 2 atom stereocenters. The smallest absolute Gasteiger partial charge is 0.315 e. The average Bonchev–Trinajstić information content (AvgIpc) is 2.36. The van der Waals surface area contributed by atoms with Crippen LogP contribution in [-0.2, 0) is 0 Å². The predicted octanol–water partition coefficient (Wildman–Crippen LogP) is 1.46. The number of nitrogens with one attached hydrogen (secondary N) is 2. The molecule has 0 saturated heterocycles. The molecule has 0 aliphatic heterocycles. The van der Waals surface area contributed by atoms with Crippen molar-refractivity contribution in [3.8, 4) is 0 Å². The Balaban J connectivity index is 2.35. The van der Waals surface area contributed by atoms with Crippen LogP contribution in [0, 0.1) is 5.92 Å². The fourth-order valence-electron chi connectivity index (χ4n) is 1.32. The van der Waals surface area contributed by atoms with Crippen molar-refractivity contribution in [3.05, 3.63) is 30.1 Å². The second kappa shape index (κ2) is 6.96. The zero-order valence-electron chi connectivity index (χ0n) is 11.1. The lowest BCUT2D eigenvalue weighted by molar-refractivity contribution is 0.172. The van der Waals surface area contributed by atoms with Crippen LogP contribution in [0.25, 0.3) is 0 Å². The van der Waals surface area contributed by atoms with Gasteiger partial charge in [-0.25, -0.2) is 4.79 Å². The van der Waals surface area contributed by atoms with Crippen LogP contribution in [0.3, 0.4) is 0 Å². The van der Waals surface area contributed by atoms with Crippen molar-refractivity contribution in [2.75, 3.05) is 6.54 Å². The third kappa shape index (κ3) is 4.71. The number of hydrogen-bond acceptors (Lipinski definition) is 3. The van der Waals surface area contributed by atoms with Crippen molar-refractivity contribution >= 4 is 6.03 Å². The van der Waals surface area contributed by atoms with Gasteiger partial charge in [0.2, 0.25) is 0 Å². The maximum absolute atomic E-state index is 11.5. The normalized spacial score (nSPS) is 14.1. The van der Waals surface area contributed by atoms with E-state index in [0.717, 1.165) is 5.56 Å². The molecule has 0 aliphatic carbocycles. The summed E-state index contributed by atoms with van der Waals surface area (Å²) in [6, 6.07) is 3.29. The van der Waals surface area contributed by atoms with Crippen LogP contribution in [0.5, 0.6) is 0 Å². The van der Waals surface area contributed by atoms with Crippen molar-refractivity contribution in [2.45, 2.75) is 32.9 Å². The molecule has 3 N–H and O–H groups in total. The van der Waals surface area contributed by atoms with E-state index in [2.05, 4.69) is 15.6 Å². The Morgan fingerprint density at radius 1 is 1.33 bits per heavy atom. The molecule has 0 fully saturated rings. The maximum Gasteiger partial charge on any atom is 0.315 e. The van der Waals surface area contributed by atoms with Crippen LogP contribution >= 0.6 is 0 Å². The van der Waals surface area contributed by atoms with E-state index in [-0.39, 0.29) is 18.6 Å². The highest BCUT2D eigenvalue weighted by molar-refractivity contribution is 5.74. The lowest BCUT2D eigenvalue weighted by Gasteiger charge is -2.19. The van der Waals surface area contributed by atoms with Gasteiger partial charge in [-0.1, -0.05) is 13.8 Å². The van der Waals surface area contributed by atoms with E-state index in [0.29, 0.717) is 5.92 Å². The quantitative estimate of drug-likeness (QED) is 0.741. The molecule has 100 valence electrons. The lowest BCUT2D eigenvalue weighted by atomic mass is 10.1. The molecular formula is C13H21N3O2. The van der Waals surface area contributed by atoms with Crippen LogP contribution in [0.1, 0.15) is 32.4 Å². The van der Waals surface area contributed by atoms with Gasteiger partial charge in [0.05, 0.1) is 6.10 Å². The highest BCUT2D eigenvalue weighted by Gasteiger charge is 2.12. The number of hydrogen-bond donors (Lipinski definition) is 3. The molecule has 2 unspecified atom stereocenters. The highest BCUT2D eigenvalue weighted by atomic mass is 16.3. The Hall–Kier alpha value is -1.62. The number of pyridine rings is 1. The maximum atomic E-state index is 11.5. The molecule has 0 aromatic carbocycles. The van der Waals surface area contributed by atoms with Crippen LogP contribution < -0.4 is 10.6 Å². The van der Waals surface area contributed by atoms with Crippen molar-refractivity contribution in [2.24, 2.45) is 5.92 Å². The number of aliphatic hydroxyl groups excluding tert-OH is 1. The zero-order valence-corrected chi connectivity index (χ0v) is 11.1. The van der Waals surface area contributed by atoms with Crippen LogP contribution in [0.4, 0.5) is 4.79 Å². The number of nitrogens with zero attached hydrogens (tertiary/aromatic N) is 1. The summed E-state index contributed by atoms with van der Waals surface area (Å²) in [7, 11) is 0. The average molecular weight is 251 g/mol. The topological polar surface area (TPSA) is 74.2 Å². The number of aliphatic hydroxyl groups is 1. The minimum Gasteiger partial charge on any atom is -0.387 e. The summed E-state index contributed by atoms with van der Waals surface area (Å²) in [6.45, 7) is 6.21. The summed E-state index contributed by atoms with van der Waals surface area (Å²) in [5.74, 6) is 0.376. The first kappa shape index (κ1) is 14.4. The summed E-state index contributed by atoms with van der Waals surface area (Å²) in [5, 5.41) is 15.3. The lowest BCUT2D eigenvalue weighted by Crippen LogP contribution is -2.44. The first-order valence-corrected chi connectivity index (χ1v) is 6.13. The number of carbonyl (C=O) groups is 1. The molecule has 0 saturated carbocycles. The molecule has 18 heavy (non-hydrogen) atoms. The van der Waals surface area contributed by atoms with E-state index in [9.17, 15) is 9.90 Å². The molecule has 1 heterocycles. The molecular weight excluding hydrogens is 230 g/mol. The van der Waals surface area contributed by atoms with Crippen molar-refractivity contribution < 1.29 is 9.90 Å². The summed E-state index contributed by atoms with van der Waals surface area (Å²) >= 11 is 0. The van der Waals surface area contributed by atoms with Gasteiger partial charge in [-0.05, 0) is 30.5 Å². The summed E-state index contributed by atoms with van der Waals surface area (Å²) in [6.07, 6.45) is 2.51. The second-order valence-electron chi connectivity index (χ2n) is 4.68. The molecule has 0 spiro atoms. The van der Waals surface area contributed by atoms with Gasteiger partial charge in [0.15, 0.2) is 0 Å². The van der Waals surface area contributed by atoms with Crippen LogP contribution in [0.2, 0.25) is 0 Å². The number of amides is 2. The standard InChI is InChI=1S/C13H21N3O2/c1-9(2)10(3)16-13(18)15-8-12(17)11-4-6-14-7-5-11/h4-7,9-10,12,17H,8H2,1-3H3,(H2,15,16,18). The van der Waals surface area contributed by atoms with E-state index in [1.54, 1.807) is 24.5 Å². The first-order chi connectivity index (χ1) is 8.50. The SMILES string of the molecule is CC(C)C(C)NC(=O)NCC(O)c1ccncc1. The third-order valence-electron chi connectivity index (χ3n) is 2.91. The van der Waals surface area contributed by atoms with E-state index in [1.807, 2.05) is 20.8 Å². The molecule has 0 aliphatic rings. The first-order valence-electron chi connectivity index (χ1n) is 6.13. The van der Waals surface area contributed by atoms with Crippen molar-refractivity contribution in [1.82, 2.24) is 15.6 Å². The molecule has 1 aromatic heterocycles. The van der Waals surface area contributed by atoms with Crippen LogP contribution in [-0.4, -0.2) is 28.7 Å². The summed E-state index contributed by atoms with van der Waals surface area (Å²) in [4.78, 5) is 15.4.